The first kappa shape index (κ1) is 49.8. The molecule has 0 spiro atoms. The van der Waals surface area contributed by atoms with Crippen LogP contribution in [0.25, 0.3) is 0 Å². The molecule has 0 unspecified atom stereocenters. The Morgan fingerprint density at radius 2 is 0.793 bits per heavy atom. The molecule has 0 radical (unpaired) electrons. The van der Waals surface area contributed by atoms with Crippen LogP contribution in [0.2, 0.25) is 0 Å². The third-order valence-electron chi connectivity index (χ3n) is 14.2. The van der Waals surface area contributed by atoms with Gasteiger partial charge in [-0.1, -0.05) is 99.8 Å². The summed E-state index contributed by atoms with van der Waals surface area (Å²) < 4.78 is 2.40. The van der Waals surface area contributed by atoms with Crippen LogP contribution in [0.1, 0.15) is 99.6 Å². The molecule has 2 fully saturated rings. The lowest BCUT2D eigenvalue weighted by molar-refractivity contribution is -0.920. The Kier molecular flexibility index (Phi) is 19.2. The predicted molar refractivity (Wildman–Crippen MR) is 244 cm³/mol. The number of quaternary nitrogens is 2. The van der Waals surface area contributed by atoms with Gasteiger partial charge in [-0.25, -0.2) is 0 Å². The minimum absolute atomic E-state index is 0. The Morgan fingerprint density at radius 1 is 0.483 bits per heavy atom. The fraction of sp³-hybridized carbons (Fsp3) is 0.538. The lowest BCUT2D eigenvalue weighted by Gasteiger charge is -2.43. The Balaban J connectivity index is 0.000000290. The van der Waals surface area contributed by atoms with Gasteiger partial charge in [0.15, 0.2) is 0 Å². The van der Waals surface area contributed by atoms with Crippen LogP contribution in [0.3, 0.4) is 0 Å². The van der Waals surface area contributed by atoms with Crippen LogP contribution < -0.4 is 46.2 Å². The zero-order valence-corrected chi connectivity index (χ0v) is 38.3. The highest BCUT2D eigenvalue weighted by molar-refractivity contribution is 5.56. The molecule has 4 nitrogen and oxygen atoms in total. The minimum atomic E-state index is 0. The van der Waals surface area contributed by atoms with Gasteiger partial charge in [0.1, 0.15) is 0 Å². The molecule has 0 N–H and O–H groups in total. The number of nitrogens with zero attached hydrogens (tertiary/aromatic N) is 4. The van der Waals surface area contributed by atoms with E-state index in [9.17, 15) is 0 Å². The maximum Gasteiger partial charge on any atom is 0.0903 e. The smallest absolute Gasteiger partial charge is 0.0903 e. The number of piperidine rings is 2. The predicted octanol–water partition coefficient (Wildman–Crippen LogP) is 5.26. The first-order chi connectivity index (χ1) is 26.1. The number of anilines is 2. The van der Waals surface area contributed by atoms with Crippen LogP contribution >= 0.6 is 0 Å². The molecular weight excluding hydrogens is 843 g/mol. The van der Waals surface area contributed by atoms with E-state index in [-0.39, 0.29) is 51.2 Å². The van der Waals surface area contributed by atoms with E-state index in [2.05, 4.69) is 149 Å². The third kappa shape index (κ3) is 11.8. The number of rotatable bonds is 10. The van der Waals surface area contributed by atoms with E-state index in [1.165, 1.54) is 135 Å². The van der Waals surface area contributed by atoms with Crippen molar-refractivity contribution in [3.63, 3.8) is 0 Å². The molecular formula is C52H78ClIN4. The summed E-state index contributed by atoms with van der Waals surface area (Å²) in [5, 5.41) is 0. The average Bonchev–Trinajstić information content (AvgIpc) is 3.79. The lowest BCUT2D eigenvalue weighted by atomic mass is 9.96. The zero-order chi connectivity index (χ0) is 37.7. The van der Waals surface area contributed by atoms with E-state index in [1.54, 1.807) is 22.3 Å². The van der Waals surface area contributed by atoms with Crippen LogP contribution in [-0.4, -0.2) is 87.5 Å². The maximum absolute atomic E-state index is 2.74. The number of halogens is 2. The molecule has 2 aliphatic heterocycles. The molecule has 6 heteroatoms. The topological polar surface area (TPSA) is 6.48 Å². The Labute approximate surface area is 379 Å². The number of fused-ring (bicyclic) bond motifs is 2. The van der Waals surface area contributed by atoms with E-state index in [4.69, 9.17) is 0 Å². The molecule has 2 heterocycles. The largest absolute Gasteiger partial charge is 1.00 e. The Morgan fingerprint density at radius 3 is 1.10 bits per heavy atom. The van der Waals surface area contributed by atoms with Crippen molar-refractivity contribution >= 4 is 11.4 Å². The normalized spacial score (nSPS) is 20.3. The number of hydrogen-bond acceptors (Lipinski definition) is 2. The molecule has 0 bridgehead atoms. The molecule has 4 aromatic rings. The Hall–Kier alpha value is -2.58. The Bertz CT molecular complexity index is 1660. The van der Waals surface area contributed by atoms with E-state index in [1.807, 2.05) is 0 Å². The van der Waals surface area contributed by atoms with Crippen molar-refractivity contribution in [3.8, 4) is 0 Å². The number of aryl methyl sites for hydroxylation is 2. The van der Waals surface area contributed by atoms with Crippen molar-refractivity contribution in [2.24, 2.45) is 0 Å². The van der Waals surface area contributed by atoms with E-state index in [0.29, 0.717) is 12.1 Å². The highest BCUT2D eigenvalue weighted by Gasteiger charge is 2.35. The summed E-state index contributed by atoms with van der Waals surface area (Å²) in [4.78, 5) is 5.48. The van der Waals surface area contributed by atoms with Crippen LogP contribution in [0.5, 0.6) is 0 Å². The van der Waals surface area contributed by atoms with Gasteiger partial charge in [0.25, 0.3) is 0 Å². The number of para-hydroxylation sites is 2. The molecule has 58 heavy (non-hydrogen) atoms. The van der Waals surface area contributed by atoms with Gasteiger partial charge in [-0.2, -0.15) is 0 Å². The van der Waals surface area contributed by atoms with Gasteiger partial charge in [0.05, 0.1) is 53.4 Å². The summed E-state index contributed by atoms with van der Waals surface area (Å²) in [6.07, 6.45) is 15.7. The van der Waals surface area contributed by atoms with Crippen molar-refractivity contribution in [2.45, 2.75) is 130 Å². The minimum Gasteiger partial charge on any atom is -1.00 e. The van der Waals surface area contributed by atoms with Crippen molar-refractivity contribution in [3.05, 3.63) is 130 Å². The van der Waals surface area contributed by atoms with Gasteiger partial charge in [0, 0.05) is 49.4 Å². The number of benzene rings is 4. The van der Waals surface area contributed by atoms with Crippen molar-refractivity contribution in [1.29, 1.82) is 0 Å². The first-order valence-corrected chi connectivity index (χ1v) is 21.5. The van der Waals surface area contributed by atoms with E-state index in [0.717, 1.165) is 12.1 Å². The molecule has 4 aromatic carbocycles. The van der Waals surface area contributed by atoms with Crippen molar-refractivity contribution in [1.82, 2.24) is 0 Å². The van der Waals surface area contributed by atoms with Gasteiger partial charge in [-0.3, -0.25) is 0 Å². The highest BCUT2D eigenvalue weighted by atomic mass is 127. The van der Waals surface area contributed by atoms with Crippen molar-refractivity contribution < 1.29 is 45.3 Å². The quantitative estimate of drug-likeness (QED) is 0.159. The maximum atomic E-state index is 2.74. The van der Waals surface area contributed by atoms with Gasteiger partial charge < -0.3 is 55.1 Å². The molecule has 4 aliphatic rings. The van der Waals surface area contributed by atoms with Crippen LogP contribution in [0.4, 0.5) is 11.4 Å². The second kappa shape index (κ2) is 22.3. The summed E-state index contributed by atoms with van der Waals surface area (Å²) in [5.41, 5.74) is 11.9. The molecule has 320 valence electrons. The fourth-order valence-corrected chi connectivity index (χ4v) is 10.7. The van der Waals surface area contributed by atoms with E-state index >= 15 is 0 Å². The molecule has 8 rings (SSSR count). The second-order valence-corrected chi connectivity index (χ2v) is 18.5. The van der Waals surface area contributed by atoms with Crippen LogP contribution in [0, 0.1) is 13.8 Å². The third-order valence-corrected chi connectivity index (χ3v) is 14.2. The molecule has 2 saturated heterocycles. The highest BCUT2D eigenvalue weighted by Crippen LogP contribution is 2.34. The van der Waals surface area contributed by atoms with Crippen LogP contribution in [0.15, 0.2) is 97.1 Å². The van der Waals surface area contributed by atoms with Gasteiger partial charge in [-0.15, -0.1) is 0 Å². The SMILES string of the molecule is C.C.Cc1ccccc1N(CC[C@@H]1CCCC[N+]1(C)C)C1Cc2ccccc2C1.Cc1ccccc1N(CC[C@@H]1CCCC[N+]1(C)C)C1Cc2ccccc2C1.[Cl-].[I-]. The van der Waals surface area contributed by atoms with Crippen molar-refractivity contribution in [2.75, 3.05) is 64.2 Å². The van der Waals surface area contributed by atoms with Gasteiger partial charge >= 0.3 is 0 Å². The summed E-state index contributed by atoms with van der Waals surface area (Å²) in [7, 11) is 9.75. The second-order valence-electron chi connectivity index (χ2n) is 18.5. The lowest BCUT2D eigenvalue weighted by Crippen LogP contribution is -3.00. The number of hydrogen-bond donors (Lipinski definition) is 0. The first-order valence-electron chi connectivity index (χ1n) is 21.5. The average molecular weight is 922 g/mol. The summed E-state index contributed by atoms with van der Waals surface area (Å²) >= 11 is 0. The van der Waals surface area contributed by atoms with Gasteiger partial charge in [0.2, 0.25) is 0 Å². The molecule has 0 aromatic heterocycles. The standard InChI is InChI=1S/2C25H35N2.2CH4.ClH.HI/c2*1-20-10-4-7-14-25(20)26(16-15-24-13-8-9-17-27(24,2)3)23-18-21-11-5-6-12-22(21)19-23;;;;/h2*4-7,10-12,14,23-24H,8-9,13,15-19H2,1-3H3;2*1H4;2*1H/q2*+1;;;;/p-2/t2*24-;;;;/m00..../s1. The molecule has 0 saturated carbocycles. The van der Waals surface area contributed by atoms with E-state index < -0.39 is 0 Å². The summed E-state index contributed by atoms with van der Waals surface area (Å²) in [6.45, 7) is 9.57. The summed E-state index contributed by atoms with van der Waals surface area (Å²) in [5.74, 6) is 0. The molecule has 2 aliphatic carbocycles. The van der Waals surface area contributed by atoms with Gasteiger partial charge in [-0.05, 0) is 124 Å². The summed E-state index contributed by atoms with van der Waals surface area (Å²) in [6, 6.07) is 38.8. The fourth-order valence-electron chi connectivity index (χ4n) is 10.7. The molecule has 0 amide bonds. The molecule has 2 atom stereocenters. The number of likely N-dealkylation sites (tertiary alicyclic amines) is 2. The van der Waals surface area contributed by atoms with Crippen LogP contribution in [-0.2, 0) is 25.7 Å². The monoisotopic (exact) mass is 920 g/mol. The zero-order valence-electron chi connectivity index (χ0n) is 35.4.